The maximum absolute atomic E-state index is 8.45. The molecule has 1 rings (SSSR count). The average Bonchev–Trinajstić information content (AvgIpc) is 2.32. The molecule has 0 saturated heterocycles. The smallest absolute Gasteiger partial charge is 0.165 e. The molecule has 1 aromatic carbocycles. The molecule has 6 heteroatoms. The van der Waals surface area contributed by atoms with Gasteiger partial charge in [-0.1, -0.05) is 0 Å². The molecule has 0 aliphatic heterocycles. The second-order valence-corrected chi connectivity index (χ2v) is 2.73. The lowest BCUT2D eigenvalue weighted by atomic mass is 10.3. The molecule has 0 saturated carbocycles. The van der Waals surface area contributed by atoms with Crippen molar-refractivity contribution in [1.82, 2.24) is 0 Å². The molecule has 0 unspecified atom stereocenters. The van der Waals surface area contributed by atoms with Gasteiger partial charge in [0.25, 0.3) is 0 Å². The van der Waals surface area contributed by atoms with Crippen LogP contribution in [0.1, 0.15) is 0 Å². The van der Waals surface area contributed by atoms with E-state index < -0.39 is 0 Å². The van der Waals surface area contributed by atoms with Crippen LogP contribution in [-0.4, -0.2) is 36.6 Å². The van der Waals surface area contributed by atoms with E-state index in [1.807, 2.05) is 0 Å². The Morgan fingerprint density at radius 2 is 1.12 bits per heavy atom. The molecule has 6 nitrogen and oxygen atoms in total. The Morgan fingerprint density at radius 1 is 0.750 bits per heavy atom. The molecule has 0 aliphatic rings. The minimum absolute atomic E-state index is 0.101. The first-order chi connectivity index (χ1) is 7.86. The fourth-order valence-electron chi connectivity index (χ4n) is 0.845. The number of rotatable bonds is 8. The third-order valence-corrected chi connectivity index (χ3v) is 1.48. The number of aliphatic hydroxyl groups is 2. The molecule has 0 radical (unpaired) electrons. The second-order valence-electron chi connectivity index (χ2n) is 2.73. The quantitative estimate of drug-likeness (QED) is 0.380. The second kappa shape index (κ2) is 7.89. The fourth-order valence-corrected chi connectivity index (χ4v) is 0.845. The third kappa shape index (κ3) is 4.94. The lowest BCUT2D eigenvalue weighted by molar-refractivity contribution is -0.214. The summed E-state index contributed by atoms with van der Waals surface area (Å²) >= 11 is 0. The zero-order chi connectivity index (χ0) is 11.6. The molecule has 2 N–H and O–H groups in total. The zero-order valence-corrected chi connectivity index (χ0v) is 8.67. The first-order valence-corrected chi connectivity index (χ1v) is 4.77. The topological polar surface area (TPSA) is 77.4 Å². The van der Waals surface area contributed by atoms with Gasteiger partial charge in [-0.3, -0.25) is 0 Å². The van der Waals surface area contributed by atoms with Gasteiger partial charge in [-0.05, 0) is 24.3 Å². The van der Waals surface area contributed by atoms with E-state index in [2.05, 4.69) is 9.78 Å². The van der Waals surface area contributed by atoms with E-state index in [4.69, 9.17) is 20.0 Å². The highest BCUT2D eigenvalue weighted by atomic mass is 17.2. The highest BCUT2D eigenvalue weighted by Crippen LogP contribution is 2.17. The number of hydrogen-bond donors (Lipinski definition) is 2. The Hall–Kier alpha value is -1.34. The Kier molecular flexibility index (Phi) is 6.28. The van der Waals surface area contributed by atoms with Crippen molar-refractivity contribution in [2.75, 3.05) is 26.4 Å². The van der Waals surface area contributed by atoms with Crippen molar-refractivity contribution in [2.45, 2.75) is 0 Å². The van der Waals surface area contributed by atoms with Crippen LogP contribution in [0, 0.1) is 0 Å². The van der Waals surface area contributed by atoms with Crippen molar-refractivity contribution >= 4 is 0 Å². The van der Waals surface area contributed by atoms with Gasteiger partial charge in [0.15, 0.2) is 11.5 Å². The van der Waals surface area contributed by atoms with Gasteiger partial charge in [-0.2, -0.15) is 9.78 Å². The summed E-state index contributed by atoms with van der Waals surface area (Å²) in [6.45, 7) is 0.0160. The third-order valence-electron chi connectivity index (χ3n) is 1.48. The Bertz CT molecular complexity index is 244. The summed E-state index contributed by atoms with van der Waals surface area (Å²) in [7, 11) is 0. The van der Waals surface area contributed by atoms with Crippen LogP contribution in [0.25, 0.3) is 0 Å². The molecular formula is C10H14O6. The first kappa shape index (κ1) is 12.7. The summed E-state index contributed by atoms with van der Waals surface area (Å²) in [6.07, 6.45) is 0. The van der Waals surface area contributed by atoms with Crippen molar-refractivity contribution in [2.24, 2.45) is 0 Å². The van der Waals surface area contributed by atoms with Crippen molar-refractivity contribution in [1.29, 1.82) is 0 Å². The maximum atomic E-state index is 8.45. The van der Waals surface area contributed by atoms with Crippen LogP contribution in [-0.2, 0) is 9.78 Å². The van der Waals surface area contributed by atoms with E-state index in [0.29, 0.717) is 11.5 Å². The van der Waals surface area contributed by atoms with Crippen LogP contribution >= 0.6 is 0 Å². The Morgan fingerprint density at radius 3 is 1.44 bits per heavy atom. The van der Waals surface area contributed by atoms with Crippen LogP contribution in [0.5, 0.6) is 11.5 Å². The fraction of sp³-hybridized carbons (Fsp3) is 0.400. The van der Waals surface area contributed by atoms with Crippen molar-refractivity contribution in [3.05, 3.63) is 24.3 Å². The van der Waals surface area contributed by atoms with Crippen LogP contribution in [0.3, 0.4) is 0 Å². The summed E-state index contributed by atoms with van der Waals surface area (Å²) in [5.74, 6) is 0.978. The van der Waals surface area contributed by atoms with Gasteiger partial charge in [-0.25, -0.2) is 0 Å². The summed E-state index contributed by atoms with van der Waals surface area (Å²) in [5.41, 5.74) is 0. The summed E-state index contributed by atoms with van der Waals surface area (Å²) in [5, 5.41) is 16.9. The normalized spacial score (nSPS) is 10.1. The van der Waals surface area contributed by atoms with Gasteiger partial charge in [-0.15, -0.1) is 0 Å². The summed E-state index contributed by atoms with van der Waals surface area (Å²) in [6, 6.07) is 6.48. The molecule has 0 aliphatic carbocycles. The molecule has 0 heterocycles. The molecule has 0 spiro atoms. The molecule has 0 amide bonds. The van der Waals surface area contributed by atoms with Crippen molar-refractivity contribution in [3.63, 3.8) is 0 Å². The number of hydrogen-bond acceptors (Lipinski definition) is 6. The van der Waals surface area contributed by atoms with Crippen LogP contribution < -0.4 is 9.78 Å². The van der Waals surface area contributed by atoms with E-state index in [1.165, 1.54) is 0 Å². The van der Waals surface area contributed by atoms with E-state index in [1.54, 1.807) is 24.3 Å². The van der Waals surface area contributed by atoms with Crippen LogP contribution in [0.2, 0.25) is 0 Å². The van der Waals surface area contributed by atoms with Gasteiger partial charge in [0.2, 0.25) is 0 Å². The summed E-state index contributed by atoms with van der Waals surface area (Å²) < 4.78 is 0. The Balaban J connectivity index is 2.30. The zero-order valence-electron chi connectivity index (χ0n) is 8.67. The standard InChI is InChI=1S/C10H14O6/c11-5-7-13-15-9-1-2-10(4-3-9)16-14-8-6-12/h1-4,11-12H,5-8H2. The molecule has 0 fully saturated rings. The SMILES string of the molecule is OCCOOc1ccc(OOCCO)cc1. The molecule has 90 valence electrons. The number of aliphatic hydroxyl groups excluding tert-OH is 2. The van der Waals surface area contributed by atoms with Gasteiger partial charge >= 0.3 is 0 Å². The van der Waals surface area contributed by atoms with Gasteiger partial charge in [0.1, 0.15) is 13.2 Å². The number of benzene rings is 1. The largest absolute Gasteiger partial charge is 0.394 e. The monoisotopic (exact) mass is 230 g/mol. The minimum atomic E-state index is -0.101. The van der Waals surface area contributed by atoms with Crippen LogP contribution in [0.4, 0.5) is 0 Å². The van der Waals surface area contributed by atoms with Gasteiger partial charge in [0.05, 0.1) is 13.2 Å². The minimum Gasteiger partial charge on any atom is -0.394 e. The molecule has 0 atom stereocenters. The van der Waals surface area contributed by atoms with Crippen molar-refractivity contribution in [3.8, 4) is 11.5 Å². The van der Waals surface area contributed by atoms with E-state index in [0.717, 1.165) is 0 Å². The highest BCUT2D eigenvalue weighted by Gasteiger charge is 1.98. The summed E-state index contributed by atoms with van der Waals surface area (Å²) in [4.78, 5) is 19.0. The van der Waals surface area contributed by atoms with Gasteiger partial charge < -0.3 is 20.0 Å². The first-order valence-electron chi connectivity index (χ1n) is 4.77. The van der Waals surface area contributed by atoms with Crippen molar-refractivity contribution < 1.29 is 29.8 Å². The molecule has 0 bridgehead atoms. The Labute approximate surface area is 92.8 Å². The maximum Gasteiger partial charge on any atom is 0.165 e. The molecule has 16 heavy (non-hydrogen) atoms. The average molecular weight is 230 g/mol. The predicted molar refractivity (Wildman–Crippen MR) is 53.8 cm³/mol. The van der Waals surface area contributed by atoms with E-state index in [9.17, 15) is 0 Å². The van der Waals surface area contributed by atoms with Crippen LogP contribution in [0.15, 0.2) is 24.3 Å². The molecule has 1 aromatic rings. The van der Waals surface area contributed by atoms with E-state index >= 15 is 0 Å². The lowest BCUT2D eigenvalue weighted by Gasteiger charge is -2.05. The lowest BCUT2D eigenvalue weighted by Crippen LogP contribution is -2.03. The molecule has 0 aromatic heterocycles. The predicted octanol–water partition coefficient (Wildman–Crippen LogP) is 0.292. The van der Waals surface area contributed by atoms with Gasteiger partial charge in [0, 0.05) is 0 Å². The molecular weight excluding hydrogens is 216 g/mol. The van der Waals surface area contributed by atoms with E-state index in [-0.39, 0.29) is 26.4 Å². The highest BCUT2D eigenvalue weighted by molar-refractivity contribution is 5.30.